The van der Waals surface area contributed by atoms with E-state index in [1.807, 2.05) is 0 Å². The zero-order chi connectivity index (χ0) is 13.7. The van der Waals surface area contributed by atoms with Crippen LogP contribution in [0.3, 0.4) is 0 Å². The Balaban J connectivity index is 1.55. The number of hydrogen-bond donors (Lipinski definition) is 2. The largest absolute Gasteiger partial charge is 0.332 e. The minimum absolute atomic E-state index is 0.289. The van der Waals surface area contributed by atoms with Crippen LogP contribution in [-0.4, -0.2) is 17.2 Å². The maximum absolute atomic E-state index is 13.3. The monoisotopic (exact) mass is 266 g/mol. The Morgan fingerprint density at radius 2 is 2.05 bits per heavy atom. The van der Waals surface area contributed by atoms with Gasteiger partial charge >= 0.3 is 6.03 Å². The maximum atomic E-state index is 13.3. The number of amides is 2. The van der Waals surface area contributed by atoms with E-state index >= 15 is 0 Å². The fourth-order valence-corrected chi connectivity index (χ4v) is 3.13. The molecule has 5 heteroatoms. The minimum atomic E-state index is -1.03. The number of carbonyl (C=O) groups is 1. The molecule has 1 unspecified atom stereocenters. The van der Waals surface area contributed by atoms with Crippen molar-refractivity contribution in [3.63, 3.8) is 0 Å². The van der Waals surface area contributed by atoms with Crippen molar-refractivity contribution >= 4 is 6.03 Å². The maximum Gasteiger partial charge on any atom is 0.315 e. The van der Waals surface area contributed by atoms with Gasteiger partial charge in [0.05, 0.1) is 11.6 Å². The molecule has 0 spiro atoms. The highest BCUT2D eigenvalue weighted by Crippen LogP contribution is 2.62. The minimum Gasteiger partial charge on any atom is -0.332 e. The molecule has 3 saturated carbocycles. The van der Waals surface area contributed by atoms with Gasteiger partial charge in [-0.25, -0.2) is 13.6 Å². The Morgan fingerprint density at radius 1 is 1.37 bits per heavy atom. The molecular formula is C14H16F2N2O. The molecule has 19 heavy (non-hydrogen) atoms. The summed E-state index contributed by atoms with van der Waals surface area (Å²) in [5, 5.41) is 5.56. The normalized spacial score (nSPS) is 32.8. The van der Waals surface area contributed by atoms with Crippen LogP contribution in [0.15, 0.2) is 24.3 Å². The lowest BCUT2D eigenvalue weighted by atomic mass is 9.47. The van der Waals surface area contributed by atoms with Gasteiger partial charge in [0.15, 0.2) is 0 Å². The molecule has 3 nitrogen and oxygen atoms in total. The summed E-state index contributed by atoms with van der Waals surface area (Å²) in [4.78, 5) is 11.8. The first kappa shape index (κ1) is 12.4. The average Bonchev–Trinajstić information content (AvgIpc) is 2.25. The topological polar surface area (TPSA) is 41.1 Å². The van der Waals surface area contributed by atoms with E-state index in [0.717, 1.165) is 0 Å². The van der Waals surface area contributed by atoms with Crippen molar-refractivity contribution in [3.8, 4) is 0 Å². The van der Waals surface area contributed by atoms with E-state index in [1.165, 1.54) is 12.1 Å². The zero-order valence-electron chi connectivity index (χ0n) is 10.7. The lowest BCUT2D eigenvalue weighted by molar-refractivity contribution is -0.162. The van der Waals surface area contributed by atoms with Crippen molar-refractivity contribution in [2.75, 3.05) is 0 Å². The molecule has 102 valence electrons. The van der Waals surface area contributed by atoms with Crippen LogP contribution in [0, 0.1) is 5.82 Å². The first-order valence-electron chi connectivity index (χ1n) is 6.43. The molecule has 2 amide bonds. The van der Waals surface area contributed by atoms with Crippen LogP contribution in [0.5, 0.6) is 0 Å². The second-order valence-corrected chi connectivity index (χ2v) is 5.84. The van der Waals surface area contributed by atoms with E-state index in [4.69, 9.17) is 0 Å². The standard InChI is InChI=1S/C14H16F2N2O/c1-9(10-3-2-4-11(15)5-10)17-12(19)18-14-6-13(16,7-14)8-14/h2-5,9H,6-8H2,1H3,(H2,17,18,19). The molecule has 0 heterocycles. The predicted octanol–water partition coefficient (Wildman–Crippen LogP) is 2.83. The molecule has 0 aliphatic heterocycles. The lowest BCUT2D eigenvalue weighted by Crippen LogP contribution is -2.77. The number of nitrogens with one attached hydrogen (secondary N) is 2. The number of hydrogen-bond acceptors (Lipinski definition) is 1. The Hall–Kier alpha value is -1.65. The summed E-state index contributed by atoms with van der Waals surface area (Å²) in [7, 11) is 0. The summed E-state index contributed by atoms with van der Waals surface area (Å²) in [6.07, 6.45) is 1.26. The third-order valence-corrected chi connectivity index (χ3v) is 4.04. The zero-order valence-corrected chi connectivity index (χ0v) is 10.7. The lowest BCUT2D eigenvalue weighted by Gasteiger charge is -2.65. The number of halogens is 2. The van der Waals surface area contributed by atoms with Crippen LogP contribution in [0.1, 0.15) is 37.8 Å². The van der Waals surface area contributed by atoms with Gasteiger partial charge in [0.2, 0.25) is 0 Å². The van der Waals surface area contributed by atoms with E-state index in [9.17, 15) is 13.6 Å². The number of rotatable bonds is 3. The van der Waals surface area contributed by atoms with Gasteiger partial charge in [-0.1, -0.05) is 12.1 Å². The van der Waals surface area contributed by atoms with Gasteiger partial charge in [-0.2, -0.15) is 0 Å². The second kappa shape index (κ2) is 3.92. The van der Waals surface area contributed by atoms with Gasteiger partial charge in [-0.05, 0) is 24.6 Å². The fourth-order valence-electron chi connectivity index (χ4n) is 3.13. The van der Waals surface area contributed by atoms with Crippen LogP contribution in [0.4, 0.5) is 13.6 Å². The highest BCUT2D eigenvalue weighted by Gasteiger charge is 2.69. The first-order chi connectivity index (χ1) is 8.90. The summed E-state index contributed by atoms with van der Waals surface area (Å²) >= 11 is 0. The molecule has 2 N–H and O–H groups in total. The predicted molar refractivity (Wildman–Crippen MR) is 66.9 cm³/mol. The molecule has 3 aliphatic carbocycles. The Labute approximate surface area is 110 Å². The molecule has 0 radical (unpaired) electrons. The highest BCUT2D eigenvalue weighted by atomic mass is 19.1. The van der Waals surface area contributed by atoms with Gasteiger partial charge in [-0.15, -0.1) is 0 Å². The van der Waals surface area contributed by atoms with Crippen molar-refractivity contribution in [1.82, 2.24) is 10.6 Å². The number of urea groups is 1. The third-order valence-electron chi connectivity index (χ3n) is 4.04. The second-order valence-electron chi connectivity index (χ2n) is 5.84. The van der Waals surface area contributed by atoms with Gasteiger partial charge < -0.3 is 10.6 Å². The van der Waals surface area contributed by atoms with Gasteiger partial charge in [0.25, 0.3) is 0 Å². The van der Waals surface area contributed by atoms with Crippen molar-refractivity contribution in [2.45, 2.75) is 43.4 Å². The third kappa shape index (κ3) is 2.17. The van der Waals surface area contributed by atoms with E-state index in [2.05, 4.69) is 10.6 Å². The molecule has 1 aromatic rings. The van der Waals surface area contributed by atoms with Gasteiger partial charge in [0.1, 0.15) is 11.5 Å². The van der Waals surface area contributed by atoms with Crippen molar-refractivity contribution in [3.05, 3.63) is 35.6 Å². The quantitative estimate of drug-likeness (QED) is 0.867. The molecule has 1 atom stereocenters. The molecule has 3 fully saturated rings. The van der Waals surface area contributed by atoms with Crippen LogP contribution in [0.25, 0.3) is 0 Å². The first-order valence-corrected chi connectivity index (χ1v) is 6.43. The van der Waals surface area contributed by atoms with E-state index in [1.54, 1.807) is 19.1 Å². The molecule has 0 aromatic heterocycles. The number of carbonyl (C=O) groups excluding carboxylic acids is 1. The molecule has 1 aromatic carbocycles. The summed E-state index contributed by atoms with van der Waals surface area (Å²) in [6.45, 7) is 1.78. The Kier molecular flexibility index (Phi) is 2.56. The summed E-state index contributed by atoms with van der Waals surface area (Å²) < 4.78 is 26.4. The molecule has 3 aliphatic rings. The van der Waals surface area contributed by atoms with Gasteiger partial charge in [-0.3, -0.25) is 0 Å². The Bertz CT molecular complexity index is 512. The molecule has 0 saturated heterocycles. The number of alkyl halides is 1. The van der Waals surface area contributed by atoms with Crippen LogP contribution >= 0.6 is 0 Å². The average molecular weight is 266 g/mol. The molecular weight excluding hydrogens is 250 g/mol. The summed E-state index contributed by atoms with van der Waals surface area (Å²) in [5.41, 5.74) is -0.656. The van der Waals surface area contributed by atoms with Crippen LogP contribution in [0.2, 0.25) is 0 Å². The molecule has 4 rings (SSSR count). The van der Waals surface area contributed by atoms with Crippen molar-refractivity contribution < 1.29 is 13.6 Å². The number of benzene rings is 1. The van der Waals surface area contributed by atoms with E-state index in [-0.39, 0.29) is 23.4 Å². The highest BCUT2D eigenvalue weighted by molar-refractivity contribution is 5.76. The van der Waals surface area contributed by atoms with Crippen molar-refractivity contribution in [1.29, 1.82) is 0 Å². The fraction of sp³-hybridized carbons (Fsp3) is 0.500. The summed E-state index contributed by atoms with van der Waals surface area (Å²) in [6, 6.07) is 5.50. The van der Waals surface area contributed by atoms with Crippen LogP contribution < -0.4 is 10.6 Å². The summed E-state index contributed by atoms with van der Waals surface area (Å²) in [5.74, 6) is -0.328. The smallest absolute Gasteiger partial charge is 0.315 e. The van der Waals surface area contributed by atoms with E-state index in [0.29, 0.717) is 24.8 Å². The van der Waals surface area contributed by atoms with Crippen LogP contribution in [-0.2, 0) is 0 Å². The van der Waals surface area contributed by atoms with Crippen molar-refractivity contribution in [2.24, 2.45) is 0 Å². The SMILES string of the molecule is CC(NC(=O)NC12CC(F)(C1)C2)c1cccc(F)c1. The molecule has 2 bridgehead atoms. The Morgan fingerprint density at radius 3 is 2.63 bits per heavy atom. The van der Waals surface area contributed by atoms with Gasteiger partial charge in [0, 0.05) is 19.3 Å². The van der Waals surface area contributed by atoms with E-state index < -0.39 is 5.67 Å².